The fourth-order valence-electron chi connectivity index (χ4n) is 4.62. The summed E-state index contributed by atoms with van der Waals surface area (Å²) in [6.45, 7) is 4.44. The summed E-state index contributed by atoms with van der Waals surface area (Å²) in [5, 5.41) is 4.52. The highest BCUT2D eigenvalue weighted by Crippen LogP contribution is 2.22. The molecule has 0 amide bonds. The minimum Gasteiger partial charge on any atom is -0.399 e. The van der Waals surface area contributed by atoms with Crippen molar-refractivity contribution in [2.75, 3.05) is 7.11 Å². The number of unbranched alkanes of at least 4 members (excludes halogenated alkanes) is 10. The van der Waals surface area contributed by atoms with Gasteiger partial charge in [-0.05, 0) is 30.9 Å². The number of nitrogens with zero attached hydrogens (tertiary/aromatic N) is 1. The van der Waals surface area contributed by atoms with Crippen LogP contribution < -0.4 is 0 Å². The van der Waals surface area contributed by atoms with Crippen LogP contribution >= 0.6 is 0 Å². The lowest BCUT2D eigenvalue weighted by atomic mass is 9.86. The maximum absolute atomic E-state index is 5.31. The largest absolute Gasteiger partial charge is 0.399 e. The lowest BCUT2D eigenvalue weighted by Gasteiger charge is -2.20. The summed E-state index contributed by atoms with van der Waals surface area (Å²) in [5.41, 5.74) is 5.19. The van der Waals surface area contributed by atoms with E-state index in [1.54, 1.807) is 7.11 Å². The minimum atomic E-state index is 0.423. The highest BCUT2D eigenvalue weighted by atomic mass is 16.6. The second-order valence-electron chi connectivity index (χ2n) is 9.64. The van der Waals surface area contributed by atoms with Crippen LogP contribution in [-0.4, -0.2) is 12.8 Å². The Morgan fingerprint density at radius 1 is 0.727 bits per heavy atom. The SMILES string of the molecule is CCCCCCCCCCCCCC(Cc1ccc(C)cc1)C(Cc1ccccc1)=NOC. The maximum atomic E-state index is 5.31. The van der Waals surface area contributed by atoms with Gasteiger partial charge in [-0.25, -0.2) is 0 Å². The molecule has 2 nitrogen and oxygen atoms in total. The Labute approximate surface area is 203 Å². The summed E-state index contributed by atoms with van der Waals surface area (Å²) in [7, 11) is 1.68. The first-order valence-corrected chi connectivity index (χ1v) is 13.4. The molecule has 1 unspecified atom stereocenters. The molecule has 0 aliphatic heterocycles. The molecular formula is C31H47NO. The molecule has 0 radical (unpaired) electrons. The van der Waals surface area contributed by atoms with Crippen molar-refractivity contribution in [3.63, 3.8) is 0 Å². The fraction of sp³-hybridized carbons (Fsp3) is 0.581. The molecule has 0 aromatic heterocycles. The van der Waals surface area contributed by atoms with E-state index in [9.17, 15) is 0 Å². The molecule has 0 N–H and O–H groups in total. The van der Waals surface area contributed by atoms with E-state index in [2.05, 4.69) is 73.6 Å². The molecule has 2 rings (SSSR count). The standard InChI is InChI=1S/C31H47NO/c1-4-5-6-7-8-9-10-11-12-13-17-20-30(25-29-23-21-27(2)22-24-29)31(32-33-3)26-28-18-15-14-16-19-28/h14-16,18-19,21-24,30H,4-13,17,20,25-26H2,1-3H3. The van der Waals surface area contributed by atoms with Crippen molar-refractivity contribution in [2.45, 2.75) is 104 Å². The van der Waals surface area contributed by atoms with Crippen LogP contribution in [0.5, 0.6) is 0 Å². The van der Waals surface area contributed by atoms with Crippen molar-refractivity contribution in [3.05, 3.63) is 71.3 Å². The number of rotatable bonds is 18. The van der Waals surface area contributed by atoms with Crippen LogP contribution in [0.3, 0.4) is 0 Å². The van der Waals surface area contributed by atoms with Crippen molar-refractivity contribution < 1.29 is 4.84 Å². The van der Waals surface area contributed by atoms with Gasteiger partial charge >= 0.3 is 0 Å². The predicted molar refractivity (Wildman–Crippen MR) is 144 cm³/mol. The Morgan fingerprint density at radius 3 is 1.88 bits per heavy atom. The molecule has 0 aliphatic carbocycles. The normalized spacial score (nSPS) is 12.6. The molecule has 1 atom stereocenters. The summed E-state index contributed by atoms with van der Waals surface area (Å²) in [5.74, 6) is 0.423. The molecule has 0 fully saturated rings. The lowest BCUT2D eigenvalue weighted by molar-refractivity contribution is 0.209. The molecule has 2 heteroatoms. The summed E-state index contributed by atoms with van der Waals surface area (Å²) in [6.07, 6.45) is 18.3. The zero-order valence-corrected chi connectivity index (χ0v) is 21.5. The molecule has 0 saturated heterocycles. The van der Waals surface area contributed by atoms with Gasteiger partial charge in [-0.15, -0.1) is 0 Å². The summed E-state index contributed by atoms with van der Waals surface area (Å²) in [4.78, 5) is 5.31. The van der Waals surface area contributed by atoms with Crippen molar-refractivity contribution in [2.24, 2.45) is 11.1 Å². The Morgan fingerprint density at radius 2 is 1.30 bits per heavy atom. The van der Waals surface area contributed by atoms with Crippen LogP contribution in [0.25, 0.3) is 0 Å². The van der Waals surface area contributed by atoms with Crippen LogP contribution in [0.4, 0.5) is 0 Å². The van der Waals surface area contributed by atoms with Crippen LogP contribution in [0.2, 0.25) is 0 Å². The number of aryl methyl sites for hydroxylation is 1. The number of hydrogen-bond donors (Lipinski definition) is 0. The van der Waals surface area contributed by atoms with Gasteiger partial charge in [-0.1, -0.05) is 143 Å². The Bertz CT molecular complexity index is 750. The van der Waals surface area contributed by atoms with E-state index in [0.29, 0.717) is 5.92 Å². The number of benzene rings is 2. The maximum Gasteiger partial charge on any atom is 0.106 e. The van der Waals surface area contributed by atoms with Crippen molar-refractivity contribution in [3.8, 4) is 0 Å². The smallest absolute Gasteiger partial charge is 0.106 e. The van der Waals surface area contributed by atoms with Gasteiger partial charge in [0.1, 0.15) is 7.11 Å². The fourth-order valence-corrected chi connectivity index (χ4v) is 4.62. The topological polar surface area (TPSA) is 21.6 Å². The first-order valence-electron chi connectivity index (χ1n) is 13.4. The average Bonchev–Trinajstić information content (AvgIpc) is 2.83. The molecule has 0 spiro atoms. The Balaban J connectivity index is 1.84. The zero-order valence-electron chi connectivity index (χ0n) is 21.5. The number of oxime groups is 1. The second kappa shape index (κ2) is 17.4. The first-order chi connectivity index (χ1) is 16.2. The van der Waals surface area contributed by atoms with Crippen molar-refractivity contribution in [1.29, 1.82) is 0 Å². The molecule has 0 saturated carbocycles. The summed E-state index contributed by atoms with van der Waals surface area (Å²) in [6, 6.07) is 19.7. The van der Waals surface area contributed by atoms with Gasteiger partial charge in [0.15, 0.2) is 0 Å². The van der Waals surface area contributed by atoms with E-state index in [4.69, 9.17) is 4.84 Å². The highest BCUT2D eigenvalue weighted by molar-refractivity contribution is 5.88. The molecule has 0 bridgehead atoms. The van der Waals surface area contributed by atoms with Crippen molar-refractivity contribution in [1.82, 2.24) is 0 Å². The van der Waals surface area contributed by atoms with Crippen molar-refractivity contribution >= 4 is 5.71 Å². The third-order valence-electron chi connectivity index (χ3n) is 6.67. The molecule has 0 heterocycles. The second-order valence-corrected chi connectivity index (χ2v) is 9.64. The highest BCUT2D eigenvalue weighted by Gasteiger charge is 2.18. The van der Waals surface area contributed by atoms with E-state index < -0.39 is 0 Å². The van der Waals surface area contributed by atoms with Crippen LogP contribution in [0.15, 0.2) is 59.8 Å². The molecule has 2 aromatic rings. The monoisotopic (exact) mass is 449 g/mol. The lowest BCUT2D eigenvalue weighted by Crippen LogP contribution is -2.20. The predicted octanol–water partition coefficient (Wildman–Crippen LogP) is 9.10. The molecule has 182 valence electrons. The summed E-state index contributed by atoms with van der Waals surface area (Å²) < 4.78 is 0. The third kappa shape index (κ3) is 12.1. The third-order valence-corrected chi connectivity index (χ3v) is 6.67. The van der Waals surface area contributed by atoms with Crippen LogP contribution in [0.1, 0.15) is 101 Å². The van der Waals surface area contributed by atoms with Gasteiger partial charge in [0.2, 0.25) is 0 Å². The number of hydrogen-bond acceptors (Lipinski definition) is 2. The minimum absolute atomic E-state index is 0.423. The van der Waals surface area contributed by atoms with E-state index in [1.165, 1.54) is 99.5 Å². The summed E-state index contributed by atoms with van der Waals surface area (Å²) >= 11 is 0. The van der Waals surface area contributed by atoms with E-state index >= 15 is 0 Å². The van der Waals surface area contributed by atoms with Gasteiger partial charge in [0, 0.05) is 12.3 Å². The van der Waals surface area contributed by atoms with Gasteiger partial charge in [-0.2, -0.15) is 0 Å². The molecule has 2 aromatic carbocycles. The molecule has 0 aliphatic rings. The Kier molecular flexibility index (Phi) is 14.3. The van der Waals surface area contributed by atoms with Crippen LogP contribution in [0, 0.1) is 12.8 Å². The van der Waals surface area contributed by atoms with E-state index in [1.807, 2.05) is 0 Å². The van der Waals surface area contributed by atoms with E-state index in [-0.39, 0.29) is 0 Å². The van der Waals surface area contributed by atoms with Gasteiger partial charge < -0.3 is 4.84 Å². The first kappa shape index (κ1) is 27.2. The van der Waals surface area contributed by atoms with Gasteiger partial charge in [0.25, 0.3) is 0 Å². The van der Waals surface area contributed by atoms with Crippen LogP contribution in [-0.2, 0) is 17.7 Å². The zero-order chi connectivity index (χ0) is 23.6. The van der Waals surface area contributed by atoms with E-state index in [0.717, 1.165) is 12.8 Å². The average molecular weight is 450 g/mol. The van der Waals surface area contributed by atoms with Gasteiger partial charge in [-0.3, -0.25) is 0 Å². The molecular weight excluding hydrogens is 402 g/mol. The van der Waals surface area contributed by atoms with Gasteiger partial charge in [0.05, 0.1) is 5.71 Å². The quantitative estimate of drug-likeness (QED) is 0.126. The molecule has 33 heavy (non-hydrogen) atoms. The Hall–Kier alpha value is -2.09.